The number of rotatable bonds is 2. The van der Waals surface area contributed by atoms with Crippen LogP contribution in [0, 0.1) is 24.6 Å². The molecule has 1 N–H and O–H groups in total. The van der Waals surface area contributed by atoms with Crippen LogP contribution in [0.1, 0.15) is 11.4 Å². The molecule has 23 heavy (non-hydrogen) atoms. The summed E-state index contributed by atoms with van der Waals surface area (Å²) in [6.45, 7) is 3.33. The maximum atomic E-state index is 13.2. The first-order chi connectivity index (χ1) is 11.0. The van der Waals surface area contributed by atoms with Gasteiger partial charge in [-0.2, -0.15) is 4.73 Å². The minimum absolute atomic E-state index is 0.289. The van der Waals surface area contributed by atoms with Crippen molar-refractivity contribution in [1.29, 1.82) is 0 Å². The van der Waals surface area contributed by atoms with Gasteiger partial charge < -0.3 is 5.21 Å². The van der Waals surface area contributed by atoms with Crippen LogP contribution in [-0.2, 0) is 0 Å². The molecule has 0 saturated heterocycles. The summed E-state index contributed by atoms with van der Waals surface area (Å²) >= 11 is 0. The topological polar surface area (TPSA) is 48.1 Å². The second-order valence-electron chi connectivity index (χ2n) is 5.35. The third-order valence-corrected chi connectivity index (χ3v) is 3.89. The Morgan fingerprint density at radius 1 is 0.870 bits per heavy atom. The van der Waals surface area contributed by atoms with Crippen LogP contribution in [0.4, 0.5) is 4.39 Å². The molecule has 0 aliphatic rings. The van der Waals surface area contributed by atoms with Gasteiger partial charge in [0, 0.05) is 4.91 Å². The first-order valence-corrected chi connectivity index (χ1v) is 7.20. The lowest BCUT2D eigenvalue weighted by molar-refractivity contribution is -0.472. The van der Waals surface area contributed by atoms with Crippen LogP contribution in [0.25, 0.3) is 22.5 Å². The van der Waals surface area contributed by atoms with Crippen molar-refractivity contribution in [3.63, 3.8) is 0 Å². The summed E-state index contributed by atoms with van der Waals surface area (Å²) in [6.07, 6.45) is 0. The summed E-state index contributed by atoms with van der Waals surface area (Å²) in [7, 11) is 0. The fraction of sp³-hybridized carbons (Fsp3) is 0.111. The van der Waals surface area contributed by atoms with Gasteiger partial charge >= 0.3 is 0 Å². The Kier molecular flexibility index (Phi) is 3.70. The molecule has 2 aromatic carbocycles. The number of benzene rings is 2. The van der Waals surface area contributed by atoms with Gasteiger partial charge in [0.1, 0.15) is 17.2 Å². The van der Waals surface area contributed by atoms with E-state index in [1.165, 1.54) is 24.3 Å². The maximum absolute atomic E-state index is 13.2. The van der Waals surface area contributed by atoms with Gasteiger partial charge in [0.2, 0.25) is 0 Å². The van der Waals surface area contributed by atoms with Crippen LogP contribution < -0.4 is 4.43 Å². The molecule has 0 bridgehead atoms. The second-order valence-corrected chi connectivity index (χ2v) is 5.35. The molecule has 4 nitrogen and oxygen atoms in total. The Bertz CT molecular complexity index is 916. The predicted molar refractivity (Wildman–Crippen MR) is 85.3 cm³/mol. The minimum atomic E-state index is -0.379. The fourth-order valence-corrected chi connectivity index (χ4v) is 2.71. The van der Waals surface area contributed by atoms with Gasteiger partial charge in [0.05, 0.1) is 15.6 Å². The highest BCUT2D eigenvalue weighted by Crippen LogP contribution is 2.25. The van der Waals surface area contributed by atoms with Gasteiger partial charge in [-0.15, -0.1) is 0 Å². The standard InChI is InChI=1S/C18H16FN2O2/c1-12-17(14-6-4-3-5-7-14)21(23)18(13(2)20(12)22)15-8-10-16(19)11-9-15/h3-11,22H,1-2H3/q+1. The van der Waals surface area contributed by atoms with Gasteiger partial charge in [-0.3, -0.25) is 0 Å². The van der Waals surface area contributed by atoms with E-state index in [0.717, 1.165) is 9.16 Å². The highest BCUT2D eigenvalue weighted by atomic mass is 19.1. The van der Waals surface area contributed by atoms with E-state index < -0.39 is 0 Å². The quantitative estimate of drug-likeness (QED) is 0.579. The van der Waals surface area contributed by atoms with Crippen molar-refractivity contribution < 1.29 is 14.0 Å². The Balaban J connectivity index is 2.36. The maximum Gasteiger partial charge on any atom is 0.293 e. The van der Waals surface area contributed by atoms with Crippen molar-refractivity contribution in [2.45, 2.75) is 13.8 Å². The molecule has 5 heteroatoms. The van der Waals surface area contributed by atoms with E-state index in [4.69, 9.17) is 0 Å². The number of aromatic nitrogens is 2. The Morgan fingerprint density at radius 3 is 1.87 bits per heavy atom. The molecule has 0 unspecified atom stereocenters. The summed E-state index contributed by atoms with van der Waals surface area (Å²) in [5.74, 6) is -0.379. The average Bonchev–Trinajstić information content (AvgIpc) is 2.56. The fourth-order valence-electron chi connectivity index (χ4n) is 2.71. The zero-order valence-corrected chi connectivity index (χ0v) is 12.8. The van der Waals surface area contributed by atoms with Crippen molar-refractivity contribution in [3.8, 4) is 22.5 Å². The molecule has 0 spiro atoms. The summed E-state index contributed by atoms with van der Waals surface area (Å²) in [5, 5.41) is 10.4. The molecule has 116 valence electrons. The second kappa shape index (κ2) is 5.68. The molecular formula is C18H16FN2O2+. The van der Waals surface area contributed by atoms with Crippen LogP contribution in [0.15, 0.2) is 54.6 Å². The summed E-state index contributed by atoms with van der Waals surface area (Å²) in [6, 6.07) is 14.8. The molecule has 0 aliphatic heterocycles. The number of hydrogen-bond donors (Lipinski definition) is 1. The highest BCUT2D eigenvalue weighted by molar-refractivity contribution is 5.64. The molecule has 3 aromatic rings. The number of halogens is 1. The first-order valence-electron chi connectivity index (χ1n) is 7.20. The van der Waals surface area contributed by atoms with Gasteiger partial charge in [-0.25, -0.2) is 4.39 Å². The number of hydrogen-bond acceptors (Lipinski definition) is 2. The summed E-state index contributed by atoms with van der Waals surface area (Å²) in [4.78, 5) is 12.9. The zero-order valence-electron chi connectivity index (χ0n) is 12.8. The smallest absolute Gasteiger partial charge is 0.293 e. The van der Waals surface area contributed by atoms with E-state index in [-0.39, 0.29) is 11.5 Å². The van der Waals surface area contributed by atoms with Gasteiger partial charge in [-0.05, 0) is 50.2 Å². The molecule has 0 atom stereocenters. The van der Waals surface area contributed by atoms with E-state index >= 15 is 0 Å². The SMILES string of the molecule is Cc1c(-c2ccccc2)[n+](=O)c(-c2ccc(F)cc2)c(C)n1O. The van der Waals surface area contributed by atoms with E-state index in [0.29, 0.717) is 28.2 Å². The lowest BCUT2D eigenvalue weighted by Gasteiger charge is -2.09. The van der Waals surface area contributed by atoms with Crippen LogP contribution in [-0.4, -0.2) is 9.94 Å². The largest absolute Gasteiger partial charge is 0.428 e. The molecule has 1 heterocycles. The molecule has 0 radical (unpaired) electrons. The summed E-state index contributed by atoms with van der Waals surface area (Å²) in [5.41, 5.74) is 2.72. The lowest BCUT2D eigenvalue weighted by atomic mass is 10.1. The monoisotopic (exact) mass is 311 g/mol. The van der Waals surface area contributed by atoms with Crippen molar-refractivity contribution in [1.82, 2.24) is 4.73 Å². The molecule has 0 fully saturated rings. The number of nitrogens with zero attached hydrogens (tertiary/aromatic N) is 2. The van der Waals surface area contributed by atoms with E-state index in [1.807, 2.05) is 18.2 Å². The molecular weight excluding hydrogens is 295 g/mol. The van der Waals surface area contributed by atoms with Crippen molar-refractivity contribution >= 4 is 0 Å². The zero-order chi connectivity index (χ0) is 16.6. The van der Waals surface area contributed by atoms with E-state index in [1.54, 1.807) is 26.0 Å². The van der Waals surface area contributed by atoms with E-state index in [9.17, 15) is 14.5 Å². The van der Waals surface area contributed by atoms with Crippen molar-refractivity contribution in [2.24, 2.45) is 0 Å². The average molecular weight is 311 g/mol. The van der Waals surface area contributed by atoms with Gasteiger partial charge in [-0.1, -0.05) is 18.2 Å². The highest BCUT2D eigenvalue weighted by Gasteiger charge is 2.28. The molecule has 0 amide bonds. The molecule has 0 saturated carbocycles. The summed E-state index contributed by atoms with van der Waals surface area (Å²) < 4.78 is 14.9. The van der Waals surface area contributed by atoms with Crippen molar-refractivity contribution in [2.75, 3.05) is 0 Å². The van der Waals surface area contributed by atoms with E-state index in [2.05, 4.69) is 0 Å². The molecule has 1 aromatic heterocycles. The Labute approximate surface area is 132 Å². The molecule has 0 aliphatic carbocycles. The van der Waals surface area contributed by atoms with Crippen LogP contribution in [0.3, 0.4) is 0 Å². The third kappa shape index (κ3) is 2.50. The lowest BCUT2D eigenvalue weighted by Crippen LogP contribution is -2.28. The van der Waals surface area contributed by atoms with Crippen LogP contribution in [0.2, 0.25) is 0 Å². The normalized spacial score (nSPS) is 10.7. The predicted octanol–water partition coefficient (Wildman–Crippen LogP) is 3.73. The minimum Gasteiger partial charge on any atom is -0.428 e. The Hall–Kier alpha value is -2.95. The Morgan fingerprint density at radius 2 is 1.35 bits per heavy atom. The van der Waals surface area contributed by atoms with Crippen LogP contribution >= 0.6 is 0 Å². The van der Waals surface area contributed by atoms with Crippen molar-refractivity contribution in [3.05, 3.63) is 76.7 Å². The molecule has 3 rings (SSSR count). The van der Waals surface area contributed by atoms with Gasteiger partial charge in [0.25, 0.3) is 11.4 Å². The van der Waals surface area contributed by atoms with Gasteiger partial charge in [0.15, 0.2) is 0 Å². The van der Waals surface area contributed by atoms with Crippen LogP contribution in [0.5, 0.6) is 0 Å². The first kappa shape index (κ1) is 15.0. The third-order valence-electron chi connectivity index (χ3n) is 3.89.